The predicted molar refractivity (Wildman–Crippen MR) is 41.7 cm³/mol. The monoisotopic (exact) mass is 132 g/mol. The maximum absolute atomic E-state index is 2.30. The van der Waals surface area contributed by atoms with E-state index in [1.54, 1.807) is 9.99 Å². The lowest BCUT2D eigenvalue weighted by Crippen LogP contribution is -2.08. The molecule has 0 radical (unpaired) electrons. The minimum absolute atomic E-state index is 0.192. The van der Waals surface area contributed by atoms with Crippen LogP contribution in [0, 0.1) is 0 Å². The van der Waals surface area contributed by atoms with Gasteiger partial charge in [-0.3, -0.25) is 0 Å². The van der Waals surface area contributed by atoms with Gasteiger partial charge in [0.2, 0.25) is 0 Å². The molecule has 0 amide bonds. The summed E-state index contributed by atoms with van der Waals surface area (Å²) in [5.74, 6) is 0. The smallest absolute Gasteiger partial charge is 0.113 e. The third kappa shape index (κ3) is 0.914. The molecule has 2 rings (SSSR count). The summed E-state index contributed by atoms with van der Waals surface area (Å²) in [5.41, 5.74) is 1.63. The second-order valence-electron chi connectivity index (χ2n) is 2.62. The Bertz CT molecular complexity index is 195. The molecule has 0 spiro atoms. The Kier molecular flexibility index (Phi) is 1.34. The van der Waals surface area contributed by atoms with Gasteiger partial charge in [0.25, 0.3) is 15.2 Å². The number of fused-ring (bicyclic) bond motifs is 1. The van der Waals surface area contributed by atoms with E-state index in [1.165, 1.54) is 11.7 Å². The fourth-order valence-corrected chi connectivity index (χ4v) is 3.37. The first kappa shape index (κ1) is 5.53. The van der Waals surface area contributed by atoms with E-state index in [2.05, 4.69) is 24.3 Å². The molecule has 0 aliphatic carbocycles. The van der Waals surface area contributed by atoms with Gasteiger partial charge >= 0.3 is 0 Å². The van der Waals surface area contributed by atoms with Crippen LogP contribution < -0.4 is 4.43 Å². The largest absolute Gasteiger partial charge is 0.283 e. The van der Waals surface area contributed by atoms with Crippen LogP contribution in [0.25, 0.3) is 0 Å². The van der Waals surface area contributed by atoms with E-state index in [0.717, 1.165) is 0 Å². The van der Waals surface area contributed by atoms with Crippen molar-refractivity contribution in [3.05, 3.63) is 29.8 Å². The van der Waals surface area contributed by atoms with E-state index in [0.29, 0.717) is 0 Å². The molecule has 0 fully saturated rings. The zero-order valence-corrected chi connectivity index (χ0v) is 6.84. The number of hydrogen-bond acceptors (Lipinski definition) is 0. The van der Waals surface area contributed by atoms with Crippen molar-refractivity contribution in [3.63, 3.8) is 0 Å². The van der Waals surface area contributed by atoms with Gasteiger partial charge in [0.1, 0.15) is 0 Å². The van der Waals surface area contributed by atoms with Crippen LogP contribution in [0.3, 0.4) is 0 Å². The average Bonchev–Trinajstić information content (AvgIpc) is 2.33. The summed E-state index contributed by atoms with van der Waals surface area (Å²) in [5, 5.41) is 1.50. The molecule has 0 saturated heterocycles. The Morgan fingerprint density at radius 1 is 1.22 bits per heavy atom. The fourth-order valence-electron chi connectivity index (χ4n) is 1.51. The van der Waals surface area contributed by atoms with Crippen molar-refractivity contribution in [2.24, 2.45) is 0 Å². The average molecular weight is 132 g/mol. The molecule has 0 bridgehead atoms. The van der Waals surface area contributed by atoms with Crippen molar-refractivity contribution in [1.29, 1.82) is 0 Å². The van der Waals surface area contributed by atoms with Crippen molar-refractivity contribution in [3.8, 4) is 0 Å². The van der Waals surface area contributed by atoms with Crippen LogP contribution in [-0.4, -0.2) is 15.2 Å². The zero-order valence-electron chi connectivity index (χ0n) is 5.43. The quantitative estimate of drug-likeness (QED) is 0.456. The van der Waals surface area contributed by atoms with Gasteiger partial charge in [-0.25, -0.2) is 0 Å². The highest BCUT2D eigenvalue weighted by atomic mass is 27.1. The second-order valence-corrected chi connectivity index (χ2v) is 4.59. The van der Waals surface area contributed by atoms with Gasteiger partial charge in [-0.2, -0.15) is 0 Å². The van der Waals surface area contributed by atoms with Crippen LogP contribution in [0.4, 0.5) is 0 Å². The van der Waals surface area contributed by atoms with Gasteiger partial charge in [0.05, 0.1) is 0 Å². The molecular formula is C8H9Al. The van der Waals surface area contributed by atoms with Crippen molar-refractivity contribution in [2.45, 2.75) is 11.7 Å². The molecule has 1 heterocycles. The van der Waals surface area contributed by atoms with Crippen molar-refractivity contribution in [1.82, 2.24) is 0 Å². The van der Waals surface area contributed by atoms with Crippen LogP contribution in [0.15, 0.2) is 24.3 Å². The van der Waals surface area contributed by atoms with Gasteiger partial charge in [-0.05, 0) is 6.42 Å². The molecule has 0 N–H and O–H groups in total. The number of rotatable bonds is 0. The van der Waals surface area contributed by atoms with Crippen LogP contribution in [-0.2, 0) is 6.42 Å². The summed E-state index contributed by atoms with van der Waals surface area (Å²) in [6, 6.07) is 8.89. The lowest BCUT2D eigenvalue weighted by Gasteiger charge is -1.94. The molecular weight excluding hydrogens is 123 g/mol. The Morgan fingerprint density at radius 2 is 2.11 bits per heavy atom. The lowest BCUT2D eigenvalue weighted by atomic mass is 10.2. The van der Waals surface area contributed by atoms with Crippen molar-refractivity contribution < 1.29 is 0 Å². The summed E-state index contributed by atoms with van der Waals surface area (Å²) in [4.78, 5) is 0. The molecule has 9 heavy (non-hydrogen) atoms. The minimum Gasteiger partial charge on any atom is -0.113 e. The number of benzene rings is 1. The van der Waals surface area contributed by atoms with E-state index >= 15 is 0 Å². The lowest BCUT2D eigenvalue weighted by molar-refractivity contribution is 1.17. The van der Waals surface area contributed by atoms with Gasteiger partial charge in [0.15, 0.2) is 0 Å². The molecule has 0 nitrogen and oxygen atoms in total. The highest BCUT2D eigenvalue weighted by molar-refractivity contribution is 6.55. The second kappa shape index (κ2) is 2.17. The Hall–Kier alpha value is -0.248. The first-order chi connectivity index (χ1) is 4.47. The summed E-state index contributed by atoms with van der Waals surface area (Å²) < 4.78 is 1.71. The van der Waals surface area contributed by atoms with E-state index < -0.39 is 0 Å². The maximum atomic E-state index is 2.30. The molecule has 1 aliphatic rings. The molecule has 1 aromatic carbocycles. The van der Waals surface area contributed by atoms with Crippen LogP contribution in [0.1, 0.15) is 5.56 Å². The number of hydrogen-bond donors (Lipinski definition) is 0. The molecule has 0 atom stereocenters. The zero-order chi connectivity index (χ0) is 6.10. The normalized spacial score (nSPS) is 14.7. The van der Waals surface area contributed by atoms with E-state index in [1.807, 2.05) is 0 Å². The summed E-state index contributed by atoms with van der Waals surface area (Å²) in [6.07, 6.45) is 1.36. The third-order valence-electron chi connectivity index (χ3n) is 2.01. The topological polar surface area (TPSA) is 0 Å². The van der Waals surface area contributed by atoms with Crippen molar-refractivity contribution in [2.75, 3.05) is 0 Å². The van der Waals surface area contributed by atoms with Gasteiger partial charge in [0, 0.05) is 0 Å². The maximum Gasteiger partial charge on any atom is 0.283 e. The molecule has 0 saturated carbocycles. The highest BCUT2D eigenvalue weighted by Crippen LogP contribution is 2.06. The Balaban J connectivity index is 2.54. The molecule has 0 aromatic heterocycles. The third-order valence-corrected chi connectivity index (χ3v) is 3.95. The highest BCUT2D eigenvalue weighted by Gasteiger charge is 2.10. The van der Waals surface area contributed by atoms with E-state index in [4.69, 9.17) is 0 Å². The standard InChI is InChI=1S/C8H8.Al.H/c1-2-8-6-4-3-5-7-8;;/h3-6H,1-2H2;;. The van der Waals surface area contributed by atoms with Crippen LogP contribution in [0.2, 0.25) is 5.28 Å². The van der Waals surface area contributed by atoms with E-state index in [-0.39, 0.29) is 15.2 Å². The first-order valence-electron chi connectivity index (χ1n) is 3.53. The minimum atomic E-state index is 0.192. The fraction of sp³-hybridized carbons (Fsp3) is 0.250. The van der Waals surface area contributed by atoms with Crippen molar-refractivity contribution >= 4 is 19.6 Å². The summed E-state index contributed by atoms with van der Waals surface area (Å²) in [6.45, 7) is 0. The van der Waals surface area contributed by atoms with E-state index in [9.17, 15) is 0 Å². The van der Waals surface area contributed by atoms with Crippen LogP contribution in [0.5, 0.6) is 0 Å². The van der Waals surface area contributed by atoms with Gasteiger partial charge in [-0.15, -0.1) is 4.43 Å². The Labute approximate surface area is 61.6 Å². The van der Waals surface area contributed by atoms with Gasteiger partial charge < -0.3 is 0 Å². The molecule has 1 aromatic rings. The predicted octanol–water partition coefficient (Wildman–Crippen LogP) is 0.723. The molecule has 1 heteroatoms. The summed E-state index contributed by atoms with van der Waals surface area (Å²) in [7, 11) is 0. The van der Waals surface area contributed by atoms with Gasteiger partial charge in [-0.1, -0.05) is 35.1 Å². The molecule has 0 unspecified atom stereocenters. The molecule has 44 valence electrons. The van der Waals surface area contributed by atoms with Crippen LogP contribution >= 0.6 is 0 Å². The number of aryl methyl sites for hydroxylation is 1. The summed E-state index contributed by atoms with van der Waals surface area (Å²) >= 11 is 0.192. The Morgan fingerprint density at radius 3 is 3.00 bits per heavy atom. The SMILES string of the molecule is c1cc[c]2c(c1)C[CH2][AlH]2. The molecule has 1 aliphatic heterocycles. The first-order valence-corrected chi connectivity index (χ1v) is 5.24.